The summed E-state index contributed by atoms with van der Waals surface area (Å²) in [6.45, 7) is 9.74. The van der Waals surface area contributed by atoms with Crippen molar-refractivity contribution in [3.05, 3.63) is 41.0 Å². The molecular weight excluding hydrogens is 464 g/mol. The van der Waals surface area contributed by atoms with Crippen LogP contribution in [-0.2, 0) is 20.9 Å². The number of nitrogens with one attached hydrogen (secondary N) is 2. The molecular formula is C26H38N4O4S. The molecule has 35 heavy (non-hydrogen) atoms. The van der Waals surface area contributed by atoms with E-state index in [1.165, 1.54) is 4.90 Å². The number of nitrogens with zero attached hydrogens (tertiary/aromatic N) is 2. The Bertz CT molecular complexity index is 1010. The van der Waals surface area contributed by atoms with Crippen LogP contribution in [0, 0.1) is 12.3 Å². The third-order valence-electron chi connectivity index (χ3n) is 6.15. The number of hydrogen-bond acceptors (Lipinski definition) is 7. The topological polar surface area (TPSA) is 104 Å². The zero-order chi connectivity index (χ0) is 26.3. The highest BCUT2D eigenvalue weighted by atomic mass is 32.1. The summed E-state index contributed by atoms with van der Waals surface area (Å²) in [6, 6.07) is 6.72. The van der Waals surface area contributed by atoms with Crippen molar-refractivity contribution in [2.45, 2.75) is 65.7 Å². The van der Waals surface area contributed by atoms with Crippen LogP contribution in [0.3, 0.4) is 0 Å². The predicted molar refractivity (Wildman–Crippen MR) is 138 cm³/mol. The molecule has 2 aromatic rings. The number of rotatable bonds is 10. The monoisotopic (exact) mass is 504 g/mol. The van der Waals surface area contributed by atoms with E-state index in [0.717, 1.165) is 21.7 Å². The van der Waals surface area contributed by atoms with Gasteiger partial charge in [-0.05, 0) is 30.4 Å². The minimum absolute atomic E-state index is 0.128. The van der Waals surface area contributed by atoms with Gasteiger partial charge < -0.3 is 25.4 Å². The van der Waals surface area contributed by atoms with Gasteiger partial charge in [-0.2, -0.15) is 0 Å². The van der Waals surface area contributed by atoms with E-state index in [2.05, 4.69) is 15.6 Å². The summed E-state index contributed by atoms with van der Waals surface area (Å²) in [7, 11) is 0. The molecule has 2 amide bonds. The van der Waals surface area contributed by atoms with Gasteiger partial charge in [0, 0.05) is 34.0 Å². The van der Waals surface area contributed by atoms with E-state index >= 15 is 0 Å². The van der Waals surface area contributed by atoms with Crippen LogP contribution in [0.25, 0.3) is 10.4 Å². The van der Waals surface area contributed by atoms with Crippen LogP contribution in [-0.4, -0.2) is 71.3 Å². The third kappa shape index (κ3) is 7.10. The maximum atomic E-state index is 13.5. The molecule has 2 heterocycles. The second-order valence-corrected chi connectivity index (χ2v) is 10.8. The molecule has 3 N–H and O–H groups in total. The number of ether oxygens (including phenoxy) is 1. The lowest BCUT2D eigenvalue weighted by Crippen LogP contribution is -2.57. The number of benzene rings is 1. The summed E-state index contributed by atoms with van der Waals surface area (Å²) in [4.78, 5) is 33.5. The summed E-state index contributed by atoms with van der Waals surface area (Å²) in [5, 5.41) is 16.5. The van der Waals surface area contributed by atoms with Crippen LogP contribution < -0.4 is 10.6 Å². The van der Waals surface area contributed by atoms with Gasteiger partial charge in [-0.1, -0.05) is 45.0 Å². The second-order valence-electron chi connectivity index (χ2n) is 9.94. The average Bonchev–Trinajstić information content (AvgIpc) is 3.44. The standard InChI is InChI=1S/C26H38N4O4S/c1-6-34-12-11-27-23(26(3,4)5)25(33)30-15-20(31)13-21(30)24(32)28-14-18-7-9-19(10-8-18)22-17(2)29-16-35-22/h7-10,16,20-21,23,27,31H,6,11-15H2,1-5H3,(H,28,32)/t20-,21+,23-/m1/s1/i1T. The first-order valence-corrected chi connectivity index (χ1v) is 12.9. The molecule has 3 rings (SSSR count). The van der Waals surface area contributed by atoms with E-state index in [1.54, 1.807) is 11.3 Å². The number of carbonyl (C=O) groups is 2. The Kier molecular flexibility index (Phi) is 8.89. The van der Waals surface area contributed by atoms with E-state index in [4.69, 9.17) is 6.11 Å². The van der Waals surface area contributed by atoms with E-state index in [9.17, 15) is 14.7 Å². The smallest absolute Gasteiger partial charge is 0.243 e. The van der Waals surface area contributed by atoms with E-state index in [-0.39, 0.29) is 31.7 Å². The number of likely N-dealkylation sites (tertiary alicyclic amines) is 1. The molecule has 1 saturated heterocycles. The van der Waals surface area contributed by atoms with E-state index in [1.807, 2.05) is 57.5 Å². The van der Waals surface area contributed by atoms with Crippen molar-refractivity contribution in [2.75, 3.05) is 26.3 Å². The highest BCUT2D eigenvalue weighted by molar-refractivity contribution is 7.13. The van der Waals surface area contributed by atoms with Crippen molar-refractivity contribution in [3.8, 4) is 10.4 Å². The minimum Gasteiger partial charge on any atom is -0.391 e. The van der Waals surface area contributed by atoms with Crippen molar-refractivity contribution in [1.82, 2.24) is 20.5 Å². The lowest BCUT2D eigenvalue weighted by molar-refractivity contribution is -0.142. The first-order valence-electron chi connectivity index (χ1n) is 12.7. The molecule has 1 aromatic heterocycles. The van der Waals surface area contributed by atoms with Crippen molar-refractivity contribution in [3.63, 3.8) is 0 Å². The molecule has 0 bridgehead atoms. The van der Waals surface area contributed by atoms with Gasteiger partial charge in [-0.25, -0.2) is 4.98 Å². The Morgan fingerprint density at radius 1 is 1.34 bits per heavy atom. The van der Waals surface area contributed by atoms with Crippen LogP contribution in [0.1, 0.15) is 46.7 Å². The fraction of sp³-hybridized carbons (Fsp3) is 0.577. The molecule has 0 saturated carbocycles. The van der Waals surface area contributed by atoms with Crippen LogP contribution in [0.4, 0.5) is 0 Å². The van der Waals surface area contributed by atoms with Crippen LogP contribution >= 0.6 is 11.3 Å². The molecule has 1 aliphatic rings. The Morgan fingerprint density at radius 3 is 2.71 bits per heavy atom. The summed E-state index contributed by atoms with van der Waals surface area (Å²) in [5.74, 6) is -0.474. The number of β-amino-alcohol motifs (C(OH)–C–C–N with tert-alkyl or cyclic N) is 1. The average molecular weight is 505 g/mol. The second kappa shape index (κ2) is 12.1. The zero-order valence-electron chi connectivity index (χ0n) is 22.0. The lowest BCUT2D eigenvalue weighted by atomic mass is 9.85. The van der Waals surface area contributed by atoms with Crippen molar-refractivity contribution in [1.29, 1.82) is 0 Å². The number of thiazole rings is 1. The van der Waals surface area contributed by atoms with E-state index < -0.39 is 23.6 Å². The van der Waals surface area contributed by atoms with Crippen molar-refractivity contribution >= 4 is 23.2 Å². The fourth-order valence-electron chi connectivity index (χ4n) is 4.27. The van der Waals surface area contributed by atoms with Gasteiger partial charge in [0.05, 0.1) is 34.8 Å². The summed E-state index contributed by atoms with van der Waals surface area (Å²) in [5.41, 5.74) is 4.46. The molecule has 3 atom stereocenters. The number of aliphatic hydroxyl groups excluding tert-OH is 1. The Labute approximate surface area is 213 Å². The van der Waals surface area contributed by atoms with Crippen LogP contribution in [0.2, 0.25) is 0 Å². The molecule has 192 valence electrons. The quantitative estimate of drug-likeness (QED) is 0.430. The number of hydrogen-bond donors (Lipinski definition) is 3. The van der Waals surface area contributed by atoms with Gasteiger partial charge in [0.15, 0.2) is 0 Å². The Balaban J connectivity index is 1.61. The first kappa shape index (κ1) is 25.8. The summed E-state index contributed by atoms with van der Waals surface area (Å²) in [6.07, 6.45) is -0.530. The van der Waals surface area contributed by atoms with Gasteiger partial charge >= 0.3 is 0 Å². The number of aliphatic hydroxyl groups is 1. The highest BCUT2D eigenvalue weighted by Gasteiger charge is 2.43. The maximum absolute atomic E-state index is 13.5. The Hall–Kier alpha value is -2.33. The Morgan fingerprint density at radius 2 is 2.09 bits per heavy atom. The largest absolute Gasteiger partial charge is 0.391 e. The molecule has 0 spiro atoms. The molecule has 9 heteroatoms. The minimum atomic E-state index is -0.743. The third-order valence-corrected chi connectivity index (χ3v) is 7.12. The molecule has 1 aliphatic heterocycles. The van der Waals surface area contributed by atoms with Crippen molar-refractivity contribution < 1.29 is 20.8 Å². The molecule has 1 aromatic carbocycles. The zero-order valence-corrected chi connectivity index (χ0v) is 21.9. The van der Waals surface area contributed by atoms with Gasteiger partial charge in [0.1, 0.15) is 6.04 Å². The van der Waals surface area contributed by atoms with E-state index in [0.29, 0.717) is 26.3 Å². The number of aryl methyl sites for hydroxylation is 1. The van der Waals surface area contributed by atoms with Gasteiger partial charge in [-0.3, -0.25) is 9.59 Å². The highest BCUT2D eigenvalue weighted by Crippen LogP contribution is 2.28. The lowest BCUT2D eigenvalue weighted by Gasteiger charge is -2.35. The molecule has 0 unspecified atom stereocenters. The predicted octanol–water partition coefficient (Wildman–Crippen LogP) is 2.74. The van der Waals surface area contributed by atoms with Crippen LogP contribution in [0.5, 0.6) is 0 Å². The number of amides is 2. The SMILES string of the molecule is [3H]CCOCCN[C@H](C(=O)N1C[C@H](O)C[C@H]1C(=O)NCc1ccc(-c2scnc2C)cc1)C(C)(C)C. The van der Waals surface area contributed by atoms with Crippen LogP contribution in [0.15, 0.2) is 29.8 Å². The first-order chi connectivity index (χ1) is 17.1. The van der Waals surface area contributed by atoms with Crippen molar-refractivity contribution in [2.24, 2.45) is 5.41 Å². The molecule has 1 fully saturated rings. The maximum Gasteiger partial charge on any atom is 0.243 e. The van der Waals surface area contributed by atoms with Gasteiger partial charge in [-0.15, -0.1) is 11.3 Å². The normalized spacial score (nSPS) is 19.5. The summed E-state index contributed by atoms with van der Waals surface area (Å²) < 4.78 is 12.5. The van der Waals surface area contributed by atoms with Gasteiger partial charge in [0.25, 0.3) is 0 Å². The number of carbonyl (C=O) groups excluding carboxylic acids is 2. The summed E-state index contributed by atoms with van der Waals surface area (Å²) >= 11 is 1.60. The molecule has 0 radical (unpaired) electrons. The number of aromatic nitrogens is 1. The molecule has 8 nitrogen and oxygen atoms in total. The molecule has 0 aliphatic carbocycles. The fourth-order valence-corrected chi connectivity index (χ4v) is 5.08. The van der Waals surface area contributed by atoms with Gasteiger partial charge in [0.2, 0.25) is 11.8 Å².